The molecule has 0 spiro atoms. The lowest BCUT2D eigenvalue weighted by Gasteiger charge is -2.11. The van der Waals surface area contributed by atoms with Gasteiger partial charge in [0, 0.05) is 13.0 Å². The van der Waals surface area contributed by atoms with Crippen molar-refractivity contribution in [2.75, 3.05) is 0 Å². The van der Waals surface area contributed by atoms with Gasteiger partial charge in [-0.2, -0.15) is 0 Å². The third-order valence-electron chi connectivity index (χ3n) is 3.69. The highest BCUT2D eigenvalue weighted by molar-refractivity contribution is 5.75. The Balaban J connectivity index is 1.96. The average Bonchev–Trinajstić information content (AvgIpc) is 3.01. The van der Waals surface area contributed by atoms with Gasteiger partial charge < -0.3 is 14.7 Å². The van der Waals surface area contributed by atoms with Crippen LogP contribution in [-0.2, 0) is 13.0 Å². The zero-order valence-corrected chi connectivity index (χ0v) is 11.8. The van der Waals surface area contributed by atoms with Crippen molar-refractivity contribution < 1.29 is 4.42 Å². The van der Waals surface area contributed by atoms with Gasteiger partial charge in [-0.25, -0.2) is 4.98 Å². The summed E-state index contributed by atoms with van der Waals surface area (Å²) in [7, 11) is 0. The Bertz CT molecular complexity index is 726. The van der Waals surface area contributed by atoms with Gasteiger partial charge in [-0.3, -0.25) is 0 Å². The van der Waals surface area contributed by atoms with Crippen LogP contribution in [-0.4, -0.2) is 9.55 Å². The number of hydrogen-bond donors (Lipinski definition) is 1. The van der Waals surface area contributed by atoms with E-state index in [9.17, 15) is 0 Å². The zero-order chi connectivity index (χ0) is 14.1. The van der Waals surface area contributed by atoms with E-state index in [-0.39, 0.29) is 6.04 Å². The van der Waals surface area contributed by atoms with E-state index >= 15 is 0 Å². The van der Waals surface area contributed by atoms with Crippen LogP contribution in [0.3, 0.4) is 0 Å². The third kappa shape index (κ3) is 2.12. The van der Waals surface area contributed by atoms with Gasteiger partial charge in [0.05, 0.1) is 23.3 Å². The second kappa shape index (κ2) is 5.13. The summed E-state index contributed by atoms with van der Waals surface area (Å²) in [5.74, 6) is 1.86. The lowest BCUT2D eigenvalue weighted by Crippen LogP contribution is -2.16. The van der Waals surface area contributed by atoms with Crippen molar-refractivity contribution in [3.05, 3.63) is 53.7 Å². The van der Waals surface area contributed by atoms with Crippen LogP contribution >= 0.6 is 0 Å². The molecular formula is C16H19N3O. The van der Waals surface area contributed by atoms with Crippen LogP contribution in [0, 0.1) is 6.92 Å². The highest BCUT2D eigenvalue weighted by atomic mass is 16.3. The molecule has 3 rings (SSSR count). The SMILES string of the molecule is CCn1c(CC(N)c2occc2C)nc2ccccc21. The normalized spacial score (nSPS) is 12.9. The van der Waals surface area contributed by atoms with Crippen molar-refractivity contribution in [1.29, 1.82) is 0 Å². The summed E-state index contributed by atoms with van der Waals surface area (Å²) < 4.78 is 7.70. The Labute approximate surface area is 118 Å². The van der Waals surface area contributed by atoms with E-state index in [0.29, 0.717) is 6.42 Å². The van der Waals surface area contributed by atoms with E-state index in [1.807, 2.05) is 31.2 Å². The molecule has 0 saturated carbocycles. The van der Waals surface area contributed by atoms with Gasteiger partial charge in [0.25, 0.3) is 0 Å². The van der Waals surface area contributed by atoms with Crippen LogP contribution < -0.4 is 5.73 Å². The minimum Gasteiger partial charge on any atom is -0.467 e. The number of furan rings is 1. The molecular weight excluding hydrogens is 250 g/mol. The fourth-order valence-electron chi connectivity index (χ4n) is 2.69. The number of rotatable bonds is 4. The summed E-state index contributed by atoms with van der Waals surface area (Å²) in [6.45, 7) is 5.03. The predicted octanol–water partition coefficient (Wildman–Crippen LogP) is 3.20. The summed E-state index contributed by atoms with van der Waals surface area (Å²) in [5, 5.41) is 0. The predicted molar refractivity (Wildman–Crippen MR) is 79.5 cm³/mol. The smallest absolute Gasteiger partial charge is 0.123 e. The van der Waals surface area contributed by atoms with Crippen molar-refractivity contribution in [1.82, 2.24) is 9.55 Å². The van der Waals surface area contributed by atoms with Gasteiger partial charge in [0.1, 0.15) is 11.6 Å². The molecule has 2 heterocycles. The van der Waals surface area contributed by atoms with E-state index in [0.717, 1.165) is 34.7 Å². The molecule has 20 heavy (non-hydrogen) atoms. The minimum absolute atomic E-state index is 0.160. The fourth-order valence-corrected chi connectivity index (χ4v) is 2.69. The van der Waals surface area contributed by atoms with Crippen molar-refractivity contribution in [2.45, 2.75) is 32.9 Å². The van der Waals surface area contributed by atoms with E-state index in [1.54, 1.807) is 6.26 Å². The highest BCUT2D eigenvalue weighted by Gasteiger charge is 2.17. The van der Waals surface area contributed by atoms with Crippen molar-refractivity contribution in [2.24, 2.45) is 5.73 Å². The maximum absolute atomic E-state index is 6.27. The van der Waals surface area contributed by atoms with E-state index in [1.165, 1.54) is 0 Å². The molecule has 0 radical (unpaired) electrons. The number of hydrogen-bond acceptors (Lipinski definition) is 3. The Kier molecular flexibility index (Phi) is 3.32. The van der Waals surface area contributed by atoms with Crippen LogP contribution in [0.15, 0.2) is 41.0 Å². The summed E-state index contributed by atoms with van der Waals surface area (Å²) in [4.78, 5) is 4.70. The van der Waals surface area contributed by atoms with Gasteiger partial charge in [-0.1, -0.05) is 12.1 Å². The molecule has 4 heteroatoms. The Morgan fingerprint density at radius 2 is 2.10 bits per heavy atom. The first kappa shape index (κ1) is 12.9. The van der Waals surface area contributed by atoms with Crippen molar-refractivity contribution in [3.63, 3.8) is 0 Å². The van der Waals surface area contributed by atoms with Gasteiger partial charge in [-0.05, 0) is 37.6 Å². The first-order chi connectivity index (χ1) is 9.70. The number of aromatic nitrogens is 2. The summed E-state index contributed by atoms with van der Waals surface area (Å²) in [5.41, 5.74) is 9.55. The maximum atomic E-state index is 6.27. The van der Waals surface area contributed by atoms with Crippen LogP contribution in [0.25, 0.3) is 11.0 Å². The molecule has 0 fully saturated rings. The van der Waals surface area contributed by atoms with E-state index < -0.39 is 0 Å². The fraction of sp³-hybridized carbons (Fsp3) is 0.312. The second-order valence-electron chi connectivity index (χ2n) is 5.04. The Hall–Kier alpha value is -2.07. The molecule has 0 bridgehead atoms. The molecule has 2 aromatic heterocycles. The molecule has 0 aliphatic carbocycles. The summed E-state index contributed by atoms with van der Waals surface area (Å²) >= 11 is 0. The number of benzene rings is 1. The van der Waals surface area contributed by atoms with E-state index in [2.05, 4.69) is 17.6 Å². The Morgan fingerprint density at radius 1 is 1.30 bits per heavy atom. The number of para-hydroxylation sites is 2. The summed E-state index contributed by atoms with van der Waals surface area (Å²) in [6.07, 6.45) is 2.37. The third-order valence-corrected chi connectivity index (χ3v) is 3.69. The number of aryl methyl sites for hydroxylation is 2. The number of fused-ring (bicyclic) bond motifs is 1. The number of nitrogens with two attached hydrogens (primary N) is 1. The van der Waals surface area contributed by atoms with Gasteiger partial charge in [0.2, 0.25) is 0 Å². The van der Waals surface area contributed by atoms with Crippen LogP contribution in [0.5, 0.6) is 0 Å². The quantitative estimate of drug-likeness (QED) is 0.791. The van der Waals surface area contributed by atoms with Crippen LogP contribution in [0.4, 0.5) is 0 Å². The maximum Gasteiger partial charge on any atom is 0.123 e. The molecule has 3 aromatic rings. The highest BCUT2D eigenvalue weighted by Crippen LogP contribution is 2.23. The molecule has 0 amide bonds. The van der Waals surface area contributed by atoms with Crippen LogP contribution in [0.2, 0.25) is 0 Å². The number of imidazole rings is 1. The molecule has 0 aliphatic heterocycles. The standard InChI is InChI=1S/C16H19N3O/c1-3-19-14-7-5-4-6-13(14)18-15(19)10-12(17)16-11(2)8-9-20-16/h4-9,12H,3,10,17H2,1-2H3. The van der Waals surface area contributed by atoms with E-state index in [4.69, 9.17) is 15.1 Å². The van der Waals surface area contributed by atoms with Crippen molar-refractivity contribution >= 4 is 11.0 Å². The lowest BCUT2D eigenvalue weighted by atomic mass is 10.1. The zero-order valence-electron chi connectivity index (χ0n) is 11.8. The van der Waals surface area contributed by atoms with Gasteiger partial charge >= 0.3 is 0 Å². The first-order valence-electron chi connectivity index (χ1n) is 6.94. The molecule has 1 unspecified atom stereocenters. The molecule has 0 saturated heterocycles. The Morgan fingerprint density at radius 3 is 2.80 bits per heavy atom. The second-order valence-corrected chi connectivity index (χ2v) is 5.04. The molecule has 4 nitrogen and oxygen atoms in total. The van der Waals surface area contributed by atoms with Gasteiger partial charge in [-0.15, -0.1) is 0 Å². The number of nitrogens with zero attached hydrogens (tertiary/aromatic N) is 2. The van der Waals surface area contributed by atoms with Gasteiger partial charge in [0.15, 0.2) is 0 Å². The van der Waals surface area contributed by atoms with Crippen molar-refractivity contribution in [3.8, 4) is 0 Å². The topological polar surface area (TPSA) is 57.0 Å². The molecule has 1 aromatic carbocycles. The summed E-state index contributed by atoms with van der Waals surface area (Å²) in [6, 6.07) is 9.96. The largest absolute Gasteiger partial charge is 0.467 e. The molecule has 2 N–H and O–H groups in total. The molecule has 0 aliphatic rings. The average molecular weight is 269 g/mol. The lowest BCUT2D eigenvalue weighted by molar-refractivity contribution is 0.454. The monoisotopic (exact) mass is 269 g/mol. The minimum atomic E-state index is -0.160. The van der Waals surface area contributed by atoms with Crippen LogP contribution in [0.1, 0.15) is 30.1 Å². The molecule has 104 valence electrons. The first-order valence-corrected chi connectivity index (χ1v) is 6.94. The molecule has 1 atom stereocenters.